The van der Waals surface area contributed by atoms with Crippen molar-refractivity contribution >= 4 is 16.9 Å². The van der Waals surface area contributed by atoms with Gasteiger partial charge in [0.15, 0.2) is 0 Å². The van der Waals surface area contributed by atoms with Gasteiger partial charge >= 0.3 is 0 Å². The maximum atomic E-state index is 12.7. The van der Waals surface area contributed by atoms with Crippen molar-refractivity contribution in [3.63, 3.8) is 0 Å². The highest BCUT2D eigenvalue weighted by molar-refractivity contribution is 5.83. The fourth-order valence-electron chi connectivity index (χ4n) is 3.01. The number of hydrogen-bond acceptors (Lipinski definition) is 5. The third-order valence-electron chi connectivity index (χ3n) is 4.18. The summed E-state index contributed by atoms with van der Waals surface area (Å²) in [6.07, 6.45) is -0.655. The van der Waals surface area contributed by atoms with Crippen molar-refractivity contribution in [2.24, 2.45) is 7.05 Å². The first-order valence-electron chi connectivity index (χ1n) is 7.64. The Labute approximate surface area is 129 Å². The number of aromatic nitrogens is 2. The molecule has 1 atom stereocenters. The molecule has 1 fully saturated rings. The fourth-order valence-corrected chi connectivity index (χ4v) is 3.01. The molecule has 0 amide bonds. The topological polar surface area (TPSA) is 70.4 Å². The van der Waals surface area contributed by atoms with E-state index in [1.165, 1.54) is 0 Å². The van der Waals surface area contributed by atoms with Gasteiger partial charge in [0.1, 0.15) is 0 Å². The Kier molecular flexibility index (Phi) is 3.88. The fraction of sp³-hybridized carbons (Fsp3) is 0.500. The lowest BCUT2D eigenvalue weighted by atomic mass is 10.0. The number of anilines is 1. The van der Waals surface area contributed by atoms with Gasteiger partial charge in [0.25, 0.3) is 5.56 Å². The lowest BCUT2D eigenvalue weighted by molar-refractivity contribution is 0.200. The van der Waals surface area contributed by atoms with E-state index < -0.39 is 6.10 Å². The van der Waals surface area contributed by atoms with Crippen molar-refractivity contribution in [3.05, 3.63) is 33.6 Å². The summed E-state index contributed by atoms with van der Waals surface area (Å²) in [6, 6.07) is 3.75. The van der Waals surface area contributed by atoms with Gasteiger partial charge in [0, 0.05) is 38.8 Å². The second-order valence-electron chi connectivity index (χ2n) is 5.94. The molecule has 6 nitrogen and oxygen atoms in total. The Morgan fingerprint density at radius 1 is 1.32 bits per heavy atom. The number of hydrogen-bond donors (Lipinski definition) is 2. The van der Waals surface area contributed by atoms with Crippen molar-refractivity contribution in [1.29, 1.82) is 0 Å². The lowest BCUT2D eigenvalue weighted by Crippen LogP contribution is -2.45. The number of piperazine rings is 1. The zero-order valence-corrected chi connectivity index (χ0v) is 13.3. The highest BCUT2D eigenvalue weighted by Crippen LogP contribution is 2.24. The Bertz CT molecular complexity index is 761. The van der Waals surface area contributed by atoms with Gasteiger partial charge in [-0.2, -0.15) is 0 Å². The van der Waals surface area contributed by atoms with Crippen LogP contribution in [0.5, 0.6) is 0 Å². The van der Waals surface area contributed by atoms with Crippen LogP contribution in [0.4, 0.5) is 5.95 Å². The predicted octanol–water partition coefficient (Wildman–Crippen LogP) is 0.705. The summed E-state index contributed by atoms with van der Waals surface area (Å²) in [5.74, 6) is 0.671. The minimum absolute atomic E-state index is 0.0656. The zero-order valence-electron chi connectivity index (χ0n) is 13.3. The molecule has 2 aromatic rings. The minimum Gasteiger partial charge on any atom is -0.389 e. The standard InChI is InChI=1S/C16H22N4O2/c1-10-8-12(11(2)21)14-13(9-10)15(22)19(3)16(18-14)20-6-4-17-5-7-20/h8-9,11,17,21H,4-7H2,1-3H3. The van der Waals surface area contributed by atoms with Crippen LogP contribution in [0.3, 0.4) is 0 Å². The van der Waals surface area contributed by atoms with E-state index in [1.54, 1.807) is 18.5 Å². The number of nitrogens with zero attached hydrogens (tertiary/aromatic N) is 3. The van der Waals surface area contributed by atoms with Crippen LogP contribution in [-0.4, -0.2) is 40.8 Å². The van der Waals surface area contributed by atoms with E-state index in [4.69, 9.17) is 4.98 Å². The molecule has 0 spiro atoms. The number of nitrogens with one attached hydrogen (secondary N) is 1. The molecule has 1 aromatic carbocycles. The van der Waals surface area contributed by atoms with E-state index in [0.29, 0.717) is 22.4 Å². The summed E-state index contributed by atoms with van der Waals surface area (Å²) in [4.78, 5) is 19.6. The predicted molar refractivity (Wildman–Crippen MR) is 87.4 cm³/mol. The largest absolute Gasteiger partial charge is 0.389 e. The van der Waals surface area contributed by atoms with Gasteiger partial charge in [-0.15, -0.1) is 0 Å². The van der Waals surface area contributed by atoms with Crippen molar-refractivity contribution in [3.8, 4) is 0 Å². The van der Waals surface area contributed by atoms with E-state index in [-0.39, 0.29) is 5.56 Å². The number of aliphatic hydroxyl groups excluding tert-OH is 1. The van der Waals surface area contributed by atoms with Crippen LogP contribution in [0.25, 0.3) is 10.9 Å². The van der Waals surface area contributed by atoms with Crippen LogP contribution < -0.4 is 15.8 Å². The number of rotatable bonds is 2. The van der Waals surface area contributed by atoms with Crippen LogP contribution in [0.15, 0.2) is 16.9 Å². The summed E-state index contributed by atoms with van der Waals surface area (Å²) in [7, 11) is 1.76. The zero-order chi connectivity index (χ0) is 15.9. The molecule has 2 heterocycles. The smallest absolute Gasteiger partial charge is 0.262 e. The Balaban J connectivity index is 2.27. The van der Waals surface area contributed by atoms with E-state index in [0.717, 1.165) is 31.7 Å². The van der Waals surface area contributed by atoms with Gasteiger partial charge in [-0.05, 0) is 25.5 Å². The molecule has 0 aliphatic carbocycles. The monoisotopic (exact) mass is 302 g/mol. The molecule has 1 aliphatic heterocycles. The van der Waals surface area contributed by atoms with Gasteiger partial charge in [-0.1, -0.05) is 6.07 Å². The molecule has 118 valence electrons. The molecule has 0 bridgehead atoms. The highest BCUT2D eigenvalue weighted by Gasteiger charge is 2.19. The molecular weight excluding hydrogens is 280 g/mol. The van der Waals surface area contributed by atoms with Crippen LogP contribution in [-0.2, 0) is 7.05 Å². The third kappa shape index (κ3) is 2.48. The van der Waals surface area contributed by atoms with Crippen molar-refractivity contribution < 1.29 is 5.11 Å². The molecule has 1 aromatic heterocycles. The van der Waals surface area contributed by atoms with E-state index in [9.17, 15) is 9.90 Å². The van der Waals surface area contributed by atoms with Crippen molar-refractivity contribution in [2.45, 2.75) is 20.0 Å². The Morgan fingerprint density at radius 2 is 2.00 bits per heavy atom. The van der Waals surface area contributed by atoms with E-state index >= 15 is 0 Å². The quantitative estimate of drug-likeness (QED) is 0.855. The van der Waals surface area contributed by atoms with E-state index in [2.05, 4.69) is 10.2 Å². The average molecular weight is 302 g/mol. The molecule has 1 unspecified atom stereocenters. The van der Waals surface area contributed by atoms with Gasteiger partial charge in [-0.3, -0.25) is 9.36 Å². The summed E-state index contributed by atoms with van der Waals surface area (Å²) < 4.78 is 1.61. The third-order valence-corrected chi connectivity index (χ3v) is 4.18. The van der Waals surface area contributed by atoms with Crippen LogP contribution >= 0.6 is 0 Å². The van der Waals surface area contributed by atoms with Crippen LogP contribution in [0.1, 0.15) is 24.2 Å². The first-order chi connectivity index (χ1) is 10.5. The second-order valence-corrected chi connectivity index (χ2v) is 5.94. The normalized spacial score (nSPS) is 17.0. The Morgan fingerprint density at radius 3 is 2.64 bits per heavy atom. The number of fused-ring (bicyclic) bond motifs is 1. The SMILES string of the molecule is Cc1cc(C(C)O)c2nc(N3CCNCC3)n(C)c(=O)c2c1. The summed E-state index contributed by atoms with van der Waals surface area (Å²) in [5, 5.41) is 13.9. The molecule has 1 aliphatic rings. The lowest BCUT2D eigenvalue weighted by Gasteiger charge is -2.29. The van der Waals surface area contributed by atoms with Gasteiger partial charge in [0.05, 0.1) is 17.0 Å². The van der Waals surface area contributed by atoms with Crippen molar-refractivity contribution in [1.82, 2.24) is 14.9 Å². The van der Waals surface area contributed by atoms with Crippen molar-refractivity contribution in [2.75, 3.05) is 31.1 Å². The minimum atomic E-state index is -0.655. The summed E-state index contributed by atoms with van der Waals surface area (Å²) >= 11 is 0. The number of benzene rings is 1. The molecule has 2 N–H and O–H groups in total. The van der Waals surface area contributed by atoms with Gasteiger partial charge < -0.3 is 15.3 Å². The molecule has 22 heavy (non-hydrogen) atoms. The number of aliphatic hydroxyl groups is 1. The average Bonchev–Trinajstić information content (AvgIpc) is 2.51. The first-order valence-corrected chi connectivity index (χ1v) is 7.64. The maximum Gasteiger partial charge on any atom is 0.262 e. The first kappa shape index (κ1) is 15.0. The van der Waals surface area contributed by atoms with Gasteiger partial charge in [0.2, 0.25) is 5.95 Å². The molecule has 0 radical (unpaired) electrons. The summed E-state index contributed by atoms with van der Waals surface area (Å²) in [6.45, 7) is 7.03. The highest BCUT2D eigenvalue weighted by atomic mass is 16.3. The molecule has 6 heteroatoms. The number of aryl methyl sites for hydroxylation is 1. The van der Waals surface area contributed by atoms with Crippen LogP contribution in [0.2, 0.25) is 0 Å². The molecular formula is C16H22N4O2. The van der Waals surface area contributed by atoms with Crippen LogP contribution in [0, 0.1) is 6.92 Å². The molecule has 1 saturated heterocycles. The molecule has 3 rings (SSSR count). The molecule has 0 saturated carbocycles. The second kappa shape index (κ2) is 5.70. The Hall–Kier alpha value is -1.92. The summed E-state index contributed by atoms with van der Waals surface area (Å²) in [5.41, 5.74) is 2.21. The van der Waals surface area contributed by atoms with E-state index in [1.807, 2.05) is 19.1 Å². The maximum absolute atomic E-state index is 12.7. The van der Waals surface area contributed by atoms with Gasteiger partial charge in [-0.25, -0.2) is 4.98 Å².